The normalized spacial score (nSPS) is 13.7. The fourth-order valence-corrected chi connectivity index (χ4v) is 1.22. The molecule has 1 aromatic rings. The molecular weight excluding hydrogens is 207 g/mol. The largest absolute Gasteiger partial charge is 0.496 e. The molecule has 0 bridgehead atoms. The minimum atomic E-state index is -4.43. The zero-order valence-corrected chi connectivity index (χ0v) is 8.43. The lowest BCUT2D eigenvalue weighted by molar-refractivity contribution is -0.149. The second-order valence-electron chi connectivity index (χ2n) is 3.25. The van der Waals surface area contributed by atoms with E-state index in [9.17, 15) is 13.2 Å². The molecule has 0 fully saturated rings. The summed E-state index contributed by atoms with van der Waals surface area (Å²) in [5.41, 5.74) is 5.84. The van der Waals surface area contributed by atoms with Gasteiger partial charge in [0.2, 0.25) is 0 Å². The molecule has 84 valence electrons. The van der Waals surface area contributed by atoms with E-state index < -0.39 is 12.2 Å². The molecule has 0 saturated carbocycles. The maximum Gasteiger partial charge on any atom is 0.407 e. The van der Waals surface area contributed by atoms with E-state index in [1.165, 1.54) is 19.2 Å². The van der Waals surface area contributed by atoms with Gasteiger partial charge in [0.05, 0.1) is 7.11 Å². The van der Waals surface area contributed by atoms with Crippen molar-refractivity contribution in [3.05, 3.63) is 29.3 Å². The molecule has 0 spiro atoms. The van der Waals surface area contributed by atoms with Gasteiger partial charge in [-0.25, -0.2) is 0 Å². The number of benzene rings is 1. The van der Waals surface area contributed by atoms with Crippen molar-refractivity contribution < 1.29 is 17.9 Å². The van der Waals surface area contributed by atoms with Crippen molar-refractivity contribution in [1.29, 1.82) is 0 Å². The SMILES string of the molecule is COc1cc([C@H](N)C(F)(F)F)ccc1C. The first-order valence-electron chi connectivity index (χ1n) is 4.33. The number of aryl methyl sites for hydroxylation is 1. The number of hydrogen-bond donors (Lipinski definition) is 1. The lowest BCUT2D eigenvalue weighted by Gasteiger charge is -2.17. The van der Waals surface area contributed by atoms with Gasteiger partial charge in [-0.1, -0.05) is 12.1 Å². The Morgan fingerprint density at radius 2 is 1.93 bits per heavy atom. The second kappa shape index (κ2) is 4.10. The van der Waals surface area contributed by atoms with Crippen molar-refractivity contribution in [3.8, 4) is 5.75 Å². The van der Waals surface area contributed by atoms with Crippen LogP contribution in [-0.2, 0) is 0 Å². The third kappa shape index (κ3) is 2.62. The highest BCUT2D eigenvalue weighted by molar-refractivity contribution is 5.38. The lowest BCUT2D eigenvalue weighted by Crippen LogP contribution is -2.28. The summed E-state index contributed by atoms with van der Waals surface area (Å²) >= 11 is 0. The van der Waals surface area contributed by atoms with Crippen molar-refractivity contribution in [2.24, 2.45) is 5.73 Å². The summed E-state index contributed by atoms with van der Waals surface area (Å²) in [5.74, 6) is 0.409. The number of ether oxygens (including phenoxy) is 1. The Hall–Kier alpha value is -1.23. The van der Waals surface area contributed by atoms with Crippen LogP contribution in [0.5, 0.6) is 5.75 Å². The summed E-state index contributed by atoms with van der Waals surface area (Å²) in [7, 11) is 1.41. The molecule has 0 aliphatic rings. The molecule has 5 heteroatoms. The number of methoxy groups -OCH3 is 1. The first kappa shape index (κ1) is 11.8. The van der Waals surface area contributed by atoms with E-state index in [-0.39, 0.29) is 5.56 Å². The molecule has 0 saturated heterocycles. The Bertz CT molecular complexity index is 349. The molecule has 0 aliphatic heterocycles. The number of alkyl halides is 3. The van der Waals surface area contributed by atoms with Crippen LogP contribution in [-0.4, -0.2) is 13.3 Å². The van der Waals surface area contributed by atoms with E-state index in [1.807, 2.05) is 0 Å². The Morgan fingerprint density at radius 1 is 1.33 bits per heavy atom. The average molecular weight is 219 g/mol. The minimum Gasteiger partial charge on any atom is -0.496 e. The van der Waals surface area contributed by atoms with Gasteiger partial charge in [-0.2, -0.15) is 13.2 Å². The van der Waals surface area contributed by atoms with Crippen LogP contribution in [0.3, 0.4) is 0 Å². The Balaban J connectivity index is 3.06. The van der Waals surface area contributed by atoms with Crippen LogP contribution in [0.25, 0.3) is 0 Å². The van der Waals surface area contributed by atoms with Gasteiger partial charge < -0.3 is 10.5 Å². The molecule has 2 nitrogen and oxygen atoms in total. The minimum absolute atomic E-state index is 0.00458. The number of hydrogen-bond acceptors (Lipinski definition) is 2. The molecule has 1 aromatic carbocycles. The first-order chi connectivity index (χ1) is 6.86. The Kier molecular flexibility index (Phi) is 3.24. The van der Waals surface area contributed by atoms with Gasteiger partial charge in [0, 0.05) is 0 Å². The highest BCUT2D eigenvalue weighted by atomic mass is 19.4. The molecule has 0 aliphatic carbocycles. The summed E-state index contributed by atoms with van der Waals surface area (Å²) in [6.45, 7) is 1.75. The number of rotatable bonds is 2. The van der Waals surface area contributed by atoms with Gasteiger partial charge >= 0.3 is 6.18 Å². The predicted molar refractivity (Wildman–Crippen MR) is 50.7 cm³/mol. The van der Waals surface area contributed by atoms with Gasteiger partial charge in [-0.3, -0.25) is 0 Å². The molecular formula is C10H12F3NO. The van der Waals surface area contributed by atoms with Crippen molar-refractivity contribution in [2.45, 2.75) is 19.1 Å². The molecule has 15 heavy (non-hydrogen) atoms. The van der Waals surface area contributed by atoms with Crippen LogP contribution < -0.4 is 10.5 Å². The molecule has 0 heterocycles. The van der Waals surface area contributed by atoms with Crippen LogP contribution >= 0.6 is 0 Å². The van der Waals surface area contributed by atoms with Gasteiger partial charge in [-0.15, -0.1) is 0 Å². The molecule has 1 atom stereocenters. The van der Waals surface area contributed by atoms with Gasteiger partial charge in [0.15, 0.2) is 0 Å². The molecule has 1 rings (SSSR count). The van der Waals surface area contributed by atoms with E-state index >= 15 is 0 Å². The summed E-state index contributed by atoms with van der Waals surface area (Å²) in [6, 6.07) is 2.26. The maximum absolute atomic E-state index is 12.3. The predicted octanol–water partition coefficient (Wildman–Crippen LogP) is 2.57. The summed E-state index contributed by atoms with van der Waals surface area (Å²) in [6.07, 6.45) is -4.43. The van der Waals surface area contributed by atoms with Crippen LogP contribution in [0.4, 0.5) is 13.2 Å². The van der Waals surface area contributed by atoms with Crippen LogP contribution in [0, 0.1) is 6.92 Å². The smallest absolute Gasteiger partial charge is 0.407 e. The molecule has 0 unspecified atom stereocenters. The van der Waals surface area contributed by atoms with Gasteiger partial charge in [-0.05, 0) is 24.1 Å². The average Bonchev–Trinajstić information content (AvgIpc) is 2.16. The van der Waals surface area contributed by atoms with E-state index in [4.69, 9.17) is 10.5 Å². The monoisotopic (exact) mass is 219 g/mol. The maximum atomic E-state index is 12.3. The zero-order chi connectivity index (χ0) is 11.6. The first-order valence-corrected chi connectivity index (χ1v) is 4.33. The van der Waals surface area contributed by atoms with Crippen molar-refractivity contribution in [2.75, 3.05) is 7.11 Å². The van der Waals surface area contributed by atoms with E-state index in [1.54, 1.807) is 13.0 Å². The summed E-state index contributed by atoms with van der Waals surface area (Å²) < 4.78 is 41.8. The van der Waals surface area contributed by atoms with Crippen molar-refractivity contribution >= 4 is 0 Å². The van der Waals surface area contributed by atoms with Gasteiger partial charge in [0.25, 0.3) is 0 Å². The fraction of sp³-hybridized carbons (Fsp3) is 0.400. The summed E-state index contributed by atoms with van der Waals surface area (Å²) in [4.78, 5) is 0. The molecule has 0 radical (unpaired) electrons. The number of nitrogens with two attached hydrogens (primary N) is 1. The van der Waals surface area contributed by atoms with Crippen LogP contribution in [0.1, 0.15) is 17.2 Å². The highest BCUT2D eigenvalue weighted by Gasteiger charge is 2.37. The standard InChI is InChI=1S/C10H12F3NO/c1-6-3-4-7(5-8(6)15-2)9(14)10(11,12)13/h3-5,9H,14H2,1-2H3/t9-/m0/s1. The molecule has 2 N–H and O–H groups in total. The van der Waals surface area contributed by atoms with E-state index in [0.717, 1.165) is 5.56 Å². The Labute approximate surface area is 85.8 Å². The summed E-state index contributed by atoms with van der Waals surface area (Å²) in [5, 5.41) is 0. The number of halogens is 3. The highest BCUT2D eigenvalue weighted by Crippen LogP contribution is 2.32. The van der Waals surface area contributed by atoms with Crippen LogP contribution in [0.2, 0.25) is 0 Å². The van der Waals surface area contributed by atoms with Crippen LogP contribution in [0.15, 0.2) is 18.2 Å². The third-order valence-electron chi connectivity index (χ3n) is 2.14. The van der Waals surface area contributed by atoms with Crippen molar-refractivity contribution in [1.82, 2.24) is 0 Å². The van der Waals surface area contributed by atoms with E-state index in [0.29, 0.717) is 5.75 Å². The van der Waals surface area contributed by atoms with E-state index in [2.05, 4.69) is 0 Å². The third-order valence-corrected chi connectivity index (χ3v) is 2.14. The Morgan fingerprint density at radius 3 is 2.40 bits per heavy atom. The van der Waals surface area contributed by atoms with Gasteiger partial charge in [0.1, 0.15) is 11.8 Å². The van der Waals surface area contributed by atoms with Crippen molar-refractivity contribution in [3.63, 3.8) is 0 Å². The molecule has 0 amide bonds. The zero-order valence-electron chi connectivity index (χ0n) is 8.43. The fourth-order valence-electron chi connectivity index (χ4n) is 1.22. The lowest BCUT2D eigenvalue weighted by atomic mass is 10.0. The quantitative estimate of drug-likeness (QED) is 0.829. The second-order valence-corrected chi connectivity index (χ2v) is 3.25. The molecule has 0 aromatic heterocycles. The topological polar surface area (TPSA) is 35.2 Å².